The summed E-state index contributed by atoms with van der Waals surface area (Å²) in [5, 5.41) is 21.2. The summed E-state index contributed by atoms with van der Waals surface area (Å²) in [6, 6.07) is 5.51. The highest BCUT2D eigenvalue weighted by Gasteiger charge is 2.32. The van der Waals surface area contributed by atoms with Crippen LogP contribution in [-0.4, -0.2) is 28.1 Å². The third kappa shape index (κ3) is 4.28. The molecule has 19 heavy (non-hydrogen) atoms. The van der Waals surface area contributed by atoms with Crippen LogP contribution in [0.15, 0.2) is 24.3 Å². The molecule has 1 unspecified atom stereocenters. The molecule has 0 aliphatic rings. The van der Waals surface area contributed by atoms with Gasteiger partial charge in [0.2, 0.25) is 5.91 Å². The van der Waals surface area contributed by atoms with Crippen LogP contribution in [0.1, 0.15) is 26.3 Å². The van der Waals surface area contributed by atoms with E-state index >= 15 is 0 Å². The number of carboxylic acids is 1. The molecule has 0 radical (unpaired) electrons. The normalized spacial score (nSPS) is 12.8. The smallest absolute Gasteiger partial charge is 0.326 e. The number of carboxylic acid groups (broad SMARTS) is 1. The Hall–Kier alpha value is -2.04. The SMILES string of the molecule is CC(C)(C)C(NC(=O)Cc1ccccc1O)C(=O)O. The number of hydrogen-bond acceptors (Lipinski definition) is 3. The molecule has 5 nitrogen and oxygen atoms in total. The van der Waals surface area contributed by atoms with Crippen molar-refractivity contribution in [1.29, 1.82) is 0 Å². The zero-order valence-electron chi connectivity index (χ0n) is 11.3. The third-order valence-electron chi connectivity index (χ3n) is 2.76. The highest BCUT2D eigenvalue weighted by molar-refractivity contribution is 5.85. The van der Waals surface area contributed by atoms with Crippen molar-refractivity contribution in [2.45, 2.75) is 33.2 Å². The number of para-hydroxylation sites is 1. The van der Waals surface area contributed by atoms with E-state index in [1.807, 2.05) is 0 Å². The Kier molecular flexibility index (Phi) is 4.53. The minimum Gasteiger partial charge on any atom is -0.508 e. The summed E-state index contributed by atoms with van der Waals surface area (Å²) >= 11 is 0. The maximum absolute atomic E-state index is 11.8. The van der Waals surface area contributed by atoms with Gasteiger partial charge >= 0.3 is 5.97 Å². The number of carbonyl (C=O) groups excluding carboxylic acids is 1. The number of aliphatic carboxylic acids is 1. The van der Waals surface area contributed by atoms with E-state index in [0.717, 1.165) is 0 Å². The van der Waals surface area contributed by atoms with Crippen molar-refractivity contribution in [2.75, 3.05) is 0 Å². The molecule has 1 atom stereocenters. The number of phenols is 1. The van der Waals surface area contributed by atoms with Gasteiger partial charge in [0.15, 0.2) is 0 Å². The van der Waals surface area contributed by atoms with Gasteiger partial charge in [0, 0.05) is 5.56 Å². The van der Waals surface area contributed by atoms with Crippen LogP contribution in [0.2, 0.25) is 0 Å². The number of carbonyl (C=O) groups is 2. The van der Waals surface area contributed by atoms with Crippen molar-refractivity contribution in [1.82, 2.24) is 5.32 Å². The fraction of sp³-hybridized carbons (Fsp3) is 0.429. The van der Waals surface area contributed by atoms with Gasteiger partial charge < -0.3 is 15.5 Å². The molecular weight excluding hydrogens is 246 g/mol. The Morgan fingerprint density at radius 2 is 1.84 bits per heavy atom. The van der Waals surface area contributed by atoms with Crippen molar-refractivity contribution in [3.8, 4) is 5.75 Å². The van der Waals surface area contributed by atoms with Gasteiger partial charge in [-0.05, 0) is 11.5 Å². The van der Waals surface area contributed by atoms with E-state index in [-0.39, 0.29) is 12.2 Å². The predicted octanol–water partition coefficient (Wildman–Crippen LogP) is 1.55. The van der Waals surface area contributed by atoms with E-state index in [2.05, 4.69) is 5.32 Å². The van der Waals surface area contributed by atoms with Crippen molar-refractivity contribution >= 4 is 11.9 Å². The standard InChI is InChI=1S/C14H19NO4/c1-14(2,3)12(13(18)19)15-11(17)8-9-6-4-5-7-10(9)16/h4-7,12,16H,8H2,1-3H3,(H,15,17)(H,18,19). The summed E-state index contributed by atoms with van der Waals surface area (Å²) in [7, 11) is 0. The molecule has 5 heteroatoms. The first kappa shape index (κ1) is 15.0. The molecule has 0 spiro atoms. The molecule has 0 aromatic heterocycles. The molecule has 0 bridgehead atoms. The fourth-order valence-corrected chi connectivity index (χ4v) is 1.69. The maximum Gasteiger partial charge on any atom is 0.326 e. The van der Waals surface area contributed by atoms with E-state index in [9.17, 15) is 14.7 Å². The molecule has 1 aromatic rings. The molecule has 104 valence electrons. The first-order valence-corrected chi connectivity index (χ1v) is 6.01. The quantitative estimate of drug-likeness (QED) is 0.771. The van der Waals surface area contributed by atoms with Crippen LogP contribution in [0.25, 0.3) is 0 Å². The maximum atomic E-state index is 11.8. The van der Waals surface area contributed by atoms with Crippen LogP contribution in [0.4, 0.5) is 0 Å². The molecule has 0 heterocycles. The topological polar surface area (TPSA) is 86.6 Å². The number of benzene rings is 1. The monoisotopic (exact) mass is 265 g/mol. The second kappa shape index (κ2) is 5.73. The molecule has 3 N–H and O–H groups in total. The molecule has 1 rings (SSSR count). The zero-order valence-corrected chi connectivity index (χ0v) is 11.3. The highest BCUT2D eigenvalue weighted by atomic mass is 16.4. The highest BCUT2D eigenvalue weighted by Crippen LogP contribution is 2.20. The van der Waals surface area contributed by atoms with Crippen LogP contribution in [-0.2, 0) is 16.0 Å². The number of phenolic OH excluding ortho intramolecular Hbond substituents is 1. The Morgan fingerprint density at radius 1 is 1.26 bits per heavy atom. The lowest BCUT2D eigenvalue weighted by Gasteiger charge is -2.27. The zero-order chi connectivity index (χ0) is 14.6. The van der Waals surface area contributed by atoms with Crippen LogP contribution < -0.4 is 5.32 Å². The number of rotatable bonds is 4. The Labute approximate surface area is 112 Å². The predicted molar refractivity (Wildman–Crippen MR) is 70.8 cm³/mol. The Morgan fingerprint density at radius 3 is 2.32 bits per heavy atom. The number of aromatic hydroxyl groups is 1. The molecule has 0 saturated carbocycles. The number of amides is 1. The third-order valence-corrected chi connectivity index (χ3v) is 2.76. The first-order valence-electron chi connectivity index (χ1n) is 6.01. The van der Waals surface area contributed by atoms with Crippen LogP contribution in [0.5, 0.6) is 5.75 Å². The molecule has 0 saturated heterocycles. The van der Waals surface area contributed by atoms with Crippen molar-refractivity contribution in [3.63, 3.8) is 0 Å². The molecule has 1 amide bonds. The van der Waals surface area contributed by atoms with E-state index in [1.54, 1.807) is 39.0 Å². The number of nitrogens with one attached hydrogen (secondary N) is 1. The summed E-state index contributed by atoms with van der Waals surface area (Å²) in [5.74, 6) is -1.47. The van der Waals surface area contributed by atoms with Gasteiger partial charge in [0.05, 0.1) is 6.42 Å². The summed E-state index contributed by atoms with van der Waals surface area (Å²) in [6.45, 7) is 5.23. The van der Waals surface area contributed by atoms with Crippen LogP contribution >= 0.6 is 0 Å². The van der Waals surface area contributed by atoms with Crippen molar-refractivity contribution < 1.29 is 19.8 Å². The second-order valence-corrected chi connectivity index (χ2v) is 5.51. The molecule has 0 aliphatic carbocycles. The van der Waals surface area contributed by atoms with Gasteiger partial charge in [-0.1, -0.05) is 39.0 Å². The van der Waals surface area contributed by atoms with Gasteiger partial charge in [0.1, 0.15) is 11.8 Å². The van der Waals surface area contributed by atoms with Gasteiger partial charge in [-0.2, -0.15) is 0 Å². The van der Waals surface area contributed by atoms with Crippen LogP contribution in [0.3, 0.4) is 0 Å². The minimum absolute atomic E-state index is 0.0280. The Balaban J connectivity index is 2.75. The van der Waals surface area contributed by atoms with Crippen molar-refractivity contribution in [2.24, 2.45) is 5.41 Å². The van der Waals surface area contributed by atoms with Gasteiger partial charge in [-0.15, -0.1) is 0 Å². The Bertz CT molecular complexity index is 477. The molecule has 0 fully saturated rings. The average molecular weight is 265 g/mol. The van der Waals surface area contributed by atoms with Crippen molar-refractivity contribution in [3.05, 3.63) is 29.8 Å². The molecular formula is C14H19NO4. The van der Waals surface area contributed by atoms with E-state index in [1.165, 1.54) is 6.07 Å². The lowest BCUT2D eigenvalue weighted by Crippen LogP contribution is -2.49. The number of hydrogen-bond donors (Lipinski definition) is 3. The fourth-order valence-electron chi connectivity index (χ4n) is 1.69. The van der Waals surface area contributed by atoms with Gasteiger partial charge in [-0.3, -0.25) is 4.79 Å². The van der Waals surface area contributed by atoms with E-state index in [0.29, 0.717) is 5.56 Å². The minimum atomic E-state index is -1.07. The van der Waals surface area contributed by atoms with Gasteiger partial charge in [0.25, 0.3) is 0 Å². The van der Waals surface area contributed by atoms with Gasteiger partial charge in [-0.25, -0.2) is 4.79 Å². The largest absolute Gasteiger partial charge is 0.508 e. The first-order chi connectivity index (χ1) is 8.71. The van der Waals surface area contributed by atoms with E-state index < -0.39 is 23.3 Å². The summed E-state index contributed by atoms with van der Waals surface area (Å²) in [6.07, 6.45) is -0.0491. The van der Waals surface area contributed by atoms with Crippen LogP contribution in [0, 0.1) is 5.41 Å². The summed E-state index contributed by atoms with van der Waals surface area (Å²) in [5.41, 5.74) is -0.113. The second-order valence-electron chi connectivity index (χ2n) is 5.51. The molecule has 1 aromatic carbocycles. The lowest BCUT2D eigenvalue weighted by molar-refractivity contribution is -0.144. The average Bonchev–Trinajstić information content (AvgIpc) is 2.27. The van der Waals surface area contributed by atoms with E-state index in [4.69, 9.17) is 5.11 Å². The molecule has 0 aliphatic heterocycles. The summed E-state index contributed by atoms with van der Waals surface area (Å²) < 4.78 is 0. The lowest BCUT2D eigenvalue weighted by atomic mass is 9.86. The summed E-state index contributed by atoms with van der Waals surface area (Å²) in [4.78, 5) is 23.0.